The summed E-state index contributed by atoms with van der Waals surface area (Å²) in [5, 5.41) is 5.84. The maximum Gasteiger partial charge on any atom is 0.138 e. The first-order chi connectivity index (χ1) is 9.81. The van der Waals surface area contributed by atoms with Crippen LogP contribution >= 0.6 is 28.3 Å². The van der Waals surface area contributed by atoms with Crippen LogP contribution in [0.3, 0.4) is 0 Å². The van der Waals surface area contributed by atoms with Crippen molar-refractivity contribution in [2.24, 2.45) is 4.99 Å². The lowest BCUT2D eigenvalue weighted by molar-refractivity contribution is 1.46. The van der Waals surface area contributed by atoms with Gasteiger partial charge in [0.2, 0.25) is 0 Å². The van der Waals surface area contributed by atoms with Crippen LogP contribution in [0.15, 0.2) is 70.1 Å². The fourth-order valence-corrected chi connectivity index (χ4v) is 2.97. The van der Waals surface area contributed by atoms with Crippen LogP contribution in [-0.4, -0.2) is 5.84 Å². The van der Waals surface area contributed by atoms with E-state index in [4.69, 9.17) is 4.99 Å². The van der Waals surface area contributed by atoms with Gasteiger partial charge in [0.05, 0.1) is 5.69 Å². The first-order valence-electron chi connectivity index (χ1n) is 6.45. The second-order valence-corrected chi connectivity index (χ2v) is 5.69. The minimum absolute atomic E-state index is 0. The summed E-state index contributed by atoms with van der Waals surface area (Å²) in [7, 11) is 0. The van der Waals surface area contributed by atoms with E-state index in [1.54, 1.807) is 0 Å². The Morgan fingerprint density at radius 1 is 0.905 bits per heavy atom. The molecule has 1 aliphatic heterocycles. The number of halogens is 2. The normalized spacial score (nSPS) is 12.3. The lowest BCUT2D eigenvalue weighted by atomic mass is 10.0. The molecule has 104 valence electrons. The molecular weight excluding hydrogens is 348 g/mol. The van der Waals surface area contributed by atoms with Crippen molar-refractivity contribution in [1.29, 1.82) is 0 Å². The Kier molecular flexibility index (Phi) is 3.70. The highest BCUT2D eigenvalue weighted by Crippen LogP contribution is 2.36. The molecule has 3 aromatic carbocycles. The summed E-state index contributed by atoms with van der Waals surface area (Å²) in [6.45, 7) is 0. The maximum atomic E-state index is 4.76. The smallest absolute Gasteiger partial charge is 0.138 e. The van der Waals surface area contributed by atoms with Gasteiger partial charge in [-0.3, -0.25) is 0 Å². The van der Waals surface area contributed by atoms with Gasteiger partial charge in [-0.1, -0.05) is 52.3 Å². The van der Waals surface area contributed by atoms with Gasteiger partial charge < -0.3 is 5.32 Å². The molecule has 0 radical (unpaired) electrons. The number of benzene rings is 3. The van der Waals surface area contributed by atoms with Crippen LogP contribution in [-0.2, 0) is 0 Å². The van der Waals surface area contributed by atoms with Crippen LogP contribution in [0.5, 0.6) is 0 Å². The zero-order valence-electron chi connectivity index (χ0n) is 11.0. The van der Waals surface area contributed by atoms with Crippen molar-refractivity contribution in [1.82, 2.24) is 0 Å². The molecule has 0 atom stereocenters. The van der Waals surface area contributed by atoms with Crippen molar-refractivity contribution in [2.45, 2.75) is 0 Å². The predicted molar refractivity (Wildman–Crippen MR) is 95.2 cm³/mol. The molecule has 4 rings (SSSR count). The number of nitrogens with one attached hydrogen (secondary N) is 1. The standard InChI is InChI=1S/C17H11BrN2.ClH/c18-13-7-1-6-12(10-13)17-19-14-8-2-4-11-5-3-9-15(20-17)16(11)14;/h1-10H,(H,19,20);1H. The van der Waals surface area contributed by atoms with Crippen molar-refractivity contribution in [2.75, 3.05) is 5.32 Å². The van der Waals surface area contributed by atoms with Crippen molar-refractivity contribution >= 4 is 56.3 Å². The topological polar surface area (TPSA) is 24.4 Å². The van der Waals surface area contributed by atoms with Crippen LogP contribution in [0, 0.1) is 0 Å². The van der Waals surface area contributed by atoms with E-state index in [2.05, 4.69) is 69.8 Å². The molecule has 0 saturated heterocycles. The SMILES string of the molecule is Brc1cccc(C2=Nc3cccc4cccc(c34)N2)c1.Cl. The van der Waals surface area contributed by atoms with E-state index in [1.807, 2.05) is 12.1 Å². The van der Waals surface area contributed by atoms with E-state index in [1.165, 1.54) is 10.8 Å². The summed E-state index contributed by atoms with van der Waals surface area (Å²) in [6.07, 6.45) is 0. The van der Waals surface area contributed by atoms with Gasteiger partial charge in [0.15, 0.2) is 0 Å². The second-order valence-electron chi connectivity index (χ2n) is 4.78. The summed E-state index contributed by atoms with van der Waals surface area (Å²) in [4.78, 5) is 4.76. The van der Waals surface area contributed by atoms with Crippen molar-refractivity contribution in [3.8, 4) is 0 Å². The predicted octanol–water partition coefficient (Wildman–Crippen LogP) is 5.53. The monoisotopic (exact) mass is 358 g/mol. The zero-order valence-corrected chi connectivity index (χ0v) is 13.4. The second kappa shape index (κ2) is 5.51. The molecule has 3 aromatic rings. The molecule has 0 fully saturated rings. The van der Waals surface area contributed by atoms with E-state index >= 15 is 0 Å². The molecule has 4 heteroatoms. The maximum absolute atomic E-state index is 4.76. The van der Waals surface area contributed by atoms with Gasteiger partial charge in [-0.2, -0.15) is 0 Å². The van der Waals surface area contributed by atoms with E-state index in [0.717, 1.165) is 27.2 Å². The van der Waals surface area contributed by atoms with Crippen molar-refractivity contribution in [3.05, 3.63) is 70.7 Å². The number of anilines is 1. The Bertz CT molecular complexity index is 853. The van der Waals surface area contributed by atoms with Crippen molar-refractivity contribution in [3.63, 3.8) is 0 Å². The van der Waals surface area contributed by atoms with E-state index in [-0.39, 0.29) is 12.4 Å². The molecule has 1 aliphatic rings. The average Bonchev–Trinajstić information content (AvgIpc) is 2.48. The van der Waals surface area contributed by atoms with Gasteiger partial charge in [0, 0.05) is 21.1 Å². The first-order valence-corrected chi connectivity index (χ1v) is 7.24. The van der Waals surface area contributed by atoms with Crippen molar-refractivity contribution < 1.29 is 0 Å². The van der Waals surface area contributed by atoms with E-state index in [0.29, 0.717) is 0 Å². The van der Waals surface area contributed by atoms with Gasteiger partial charge in [0.25, 0.3) is 0 Å². The molecular formula is C17H12BrClN2. The fourth-order valence-electron chi connectivity index (χ4n) is 2.57. The van der Waals surface area contributed by atoms with Gasteiger partial charge in [-0.05, 0) is 29.7 Å². The summed E-state index contributed by atoms with van der Waals surface area (Å²) >= 11 is 3.51. The molecule has 0 aliphatic carbocycles. The lowest BCUT2D eigenvalue weighted by Gasteiger charge is -2.19. The average molecular weight is 360 g/mol. The largest absolute Gasteiger partial charge is 0.339 e. The number of hydrogen-bond acceptors (Lipinski definition) is 2. The van der Waals surface area contributed by atoms with E-state index < -0.39 is 0 Å². The minimum atomic E-state index is 0. The fraction of sp³-hybridized carbons (Fsp3) is 0. The number of aliphatic imine (C=N–C) groups is 1. The first kappa shape index (κ1) is 14.1. The van der Waals surface area contributed by atoms with Crippen LogP contribution in [0.2, 0.25) is 0 Å². The van der Waals surface area contributed by atoms with Crippen LogP contribution < -0.4 is 5.32 Å². The quantitative estimate of drug-likeness (QED) is 0.607. The summed E-state index contributed by atoms with van der Waals surface area (Å²) < 4.78 is 1.05. The molecule has 0 aromatic heterocycles. The Hall–Kier alpha value is -1.84. The molecule has 0 unspecified atom stereocenters. The number of hydrogen-bond donors (Lipinski definition) is 1. The van der Waals surface area contributed by atoms with Crippen LogP contribution in [0.1, 0.15) is 5.56 Å². The third kappa shape index (κ3) is 2.43. The Labute approximate surface area is 137 Å². The molecule has 0 amide bonds. The summed E-state index contributed by atoms with van der Waals surface area (Å²) in [5.74, 6) is 0.887. The van der Waals surface area contributed by atoms with Gasteiger partial charge in [-0.15, -0.1) is 12.4 Å². The Morgan fingerprint density at radius 3 is 2.48 bits per heavy atom. The molecule has 21 heavy (non-hydrogen) atoms. The van der Waals surface area contributed by atoms with Gasteiger partial charge >= 0.3 is 0 Å². The number of nitrogens with zero attached hydrogens (tertiary/aromatic N) is 1. The number of amidine groups is 1. The minimum Gasteiger partial charge on any atom is -0.339 e. The molecule has 1 heterocycles. The van der Waals surface area contributed by atoms with Gasteiger partial charge in [0.1, 0.15) is 5.84 Å². The summed E-state index contributed by atoms with van der Waals surface area (Å²) in [6, 6.07) is 20.7. The number of rotatable bonds is 1. The highest BCUT2D eigenvalue weighted by molar-refractivity contribution is 9.10. The van der Waals surface area contributed by atoms with Crippen LogP contribution in [0.4, 0.5) is 11.4 Å². The molecule has 0 bridgehead atoms. The Morgan fingerprint density at radius 2 is 1.67 bits per heavy atom. The van der Waals surface area contributed by atoms with E-state index in [9.17, 15) is 0 Å². The molecule has 2 nitrogen and oxygen atoms in total. The van der Waals surface area contributed by atoms with Gasteiger partial charge in [-0.25, -0.2) is 4.99 Å². The molecule has 0 spiro atoms. The molecule has 1 N–H and O–H groups in total. The summed E-state index contributed by atoms with van der Waals surface area (Å²) in [5.41, 5.74) is 3.21. The highest BCUT2D eigenvalue weighted by Gasteiger charge is 2.15. The third-order valence-corrected chi connectivity index (χ3v) is 3.96. The zero-order chi connectivity index (χ0) is 13.5. The Balaban J connectivity index is 0.00000132. The third-order valence-electron chi connectivity index (χ3n) is 3.47. The lowest BCUT2D eigenvalue weighted by Crippen LogP contribution is -2.16. The van der Waals surface area contributed by atoms with Crippen LogP contribution in [0.25, 0.3) is 10.8 Å². The highest BCUT2D eigenvalue weighted by atomic mass is 79.9. The molecule has 0 saturated carbocycles.